The number of nitrogens with zero attached hydrogens (tertiary/aromatic N) is 1. The molecule has 1 aromatic rings. The second-order valence-corrected chi connectivity index (χ2v) is 6.37. The van der Waals surface area contributed by atoms with Gasteiger partial charge in [-0.15, -0.1) is 0 Å². The molecule has 1 aromatic carbocycles. The first-order valence-electron chi connectivity index (χ1n) is 6.87. The molecular formula is C16H23NO2. The summed E-state index contributed by atoms with van der Waals surface area (Å²) in [4.78, 5) is 14.4. The first kappa shape index (κ1) is 14.1. The lowest BCUT2D eigenvalue weighted by molar-refractivity contribution is -0.171. The van der Waals surface area contributed by atoms with Gasteiger partial charge in [-0.1, -0.05) is 37.3 Å². The van der Waals surface area contributed by atoms with Crippen LogP contribution in [0.4, 0.5) is 0 Å². The Labute approximate surface area is 115 Å². The average molecular weight is 261 g/mol. The average Bonchev–Trinajstić information content (AvgIpc) is 2.26. The predicted molar refractivity (Wildman–Crippen MR) is 75.6 cm³/mol. The van der Waals surface area contributed by atoms with E-state index in [-0.39, 0.29) is 12.0 Å². The van der Waals surface area contributed by atoms with E-state index in [1.165, 1.54) is 5.56 Å². The molecular weight excluding hydrogens is 238 g/mol. The topological polar surface area (TPSA) is 29.5 Å². The van der Waals surface area contributed by atoms with Gasteiger partial charge in [0.2, 0.25) is 0 Å². The smallest absolute Gasteiger partial charge is 0.324 e. The number of ether oxygens (including phenoxy) is 1. The largest absolute Gasteiger partial charge is 0.459 e. The number of esters is 1. The number of hydrogen-bond acceptors (Lipinski definition) is 3. The van der Waals surface area contributed by atoms with Crippen LogP contribution >= 0.6 is 0 Å². The molecule has 0 saturated carbocycles. The van der Waals surface area contributed by atoms with Crippen LogP contribution in [0.1, 0.15) is 33.3 Å². The van der Waals surface area contributed by atoms with Crippen LogP contribution in [0.3, 0.4) is 0 Å². The van der Waals surface area contributed by atoms with Crippen LogP contribution < -0.4 is 0 Å². The molecule has 2 rings (SSSR count). The molecule has 0 aromatic heterocycles. The van der Waals surface area contributed by atoms with Crippen molar-refractivity contribution in [3.05, 3.63) is 35.9 Å². The third kappa shape index (κ3) is 3.57. The Balaban J connectivity index is 1.98. The third-order valence-corrected chi connectivity index (χ3v) is 3.33. The summed E-state index contributed by atoms with van der Waals surface area (Å²) in [6, 6.07) is 10.2. The number of rotatable bonds is 3. The van der Waals surface area contributed by atoms with E-state index in [0.29, 0.717) is 5.92 Å². The minimum atomic E-state index is -0.412. The van der Waals surface area contributed by atoms with Crippen molar-refractivity contribution in [3.63, 3.8) is 0 Å². The maximum atomic E-state index is 12.2. The van der Waals surface area contributed by atoms with Crippen molar-refractivity contribution in [1.82, 2.24) is 4.90 Å². The van der Waals surface area contributed by atoms with E-state index < -0.39 is 5.60 Å². The van der Waals surface area contributed by atoms with Crippen LogP contribution in [0.25, 0.3) is 0 Å². The number of benzene rings is 1. The van der Waals surface area contributed by atoms with Crippen LogP contribution in [-0.2, 0) is 16.1 Å². The van der Waals surface area contributed by atoms with E-state index >= 15 is 0 Å². The minimum Gasteiger partial charge on any atom is -0.459 e. The second-order valence-electron chi connectivity index (χ2n) is 6.37. The highest BCUT2D eigenvalue weighted by Crippen LogP contribution is 2.28. The monoisotopic (exact) mass is 261 g/mol. The molecule has 0 amide bonds. The molecule has 104 valence electrons. The normalized spacial score (nSPS) is 23.8. The van der Waals surface area contributed by atoms with Gasteiger partial charge in [0.15, 0.2) is 0 Å². The molecule has 1 saturated heterocycles. The van der Waals surface area contributed by atoms with E-state index in [1.54, 1.807) is 0 Å². The lowest BCUT2D eigenvalue weighted by atomic mass is 9.89. The Morgan fingerprint density at radius 1 is 1.32 bits per heavy atom. The molecule has 1 heterocycles. The van der Waals surface area contributed by atoms with Gasteiger partial charge in [0.25, 0.3) is 0 Å². The van der Waals surface area contributed by atoms with E-state index in [9.17, 15) is 4.79 Å². The van der Waals surface area contributed by atoms with Gasteiger partial charge in [-0.05, 0) is 32.3 Å². The maximum Gasteiger partial charge on any atom is 0.324 e. The highest BCUT2D eigenvalue weighted by molar-refractivity contribution is 5.77. The second kappa shape index (κ2) is 5.33. The molecule has 0 aliphatic carbocycles. The Morgan fingerprint density at radius 2 is 1.95 bits per heavy atom. The zero-order valence-electron chi connectivity index (χ0n) is 12.2. The van der Waals surface area contributed by atoms with Crippen LogP contribution in [0.15, 0.2) is 30.3 Å². The number of hydrogen-bond donors (Lipinski definition) is 0. The Hall–Kier alpha value is -1.35. The van der Waals surface area contributed by atoms with Crippen molar-refractivity contribution in [2.45, 2.75) is 45.9 Å². The van der Waals surface area contributed by atoms with Gasteiger partial charge in [0, 0.05) is 13.1 Å². The zero-order valence-corrected chi connectivity index (χ0v) is 12.2. The summed E-state index contributed by atoms with van der Waals surface area (Å²) in [7, 11) is 0. The van der Waals surface area contributed by atoms with E-state index in [0.717, 1.165) is 13.1 Å². The van der Waals surface area contributed by atoms with Crippen molar-refractivity contribution >= 4 is 5.97 Å². The Bertz CT molecular complexity index is 436. The first-order valence-corrected chi connectivity index (χ1v) is 6.87. The fourth-order valence-electron chi connectivity index (χ4n) is 2.53. The van der Waals surface area contributed by atoms with E-state index in [4.69, 9.17) is 4.74 Å². The van der Waals surface area contributed by atoms with Crippen molar-refractivity contribution < 1.29 is 9.53 Å². The van der Waals surface area contributed by atoms with Gasteiger partial charge >= 0.3 is 5.97 Å². The lowest BCUT2D eigenvalue weighted by Crippen LogP contribution is -2.59. The fourth-order valence-corrected chi connectivity index (χ4v) is 2.53. The van der Waals surface area contributed by atoms with Gasteiger partial charge in [-0.3, -0.25) is 9.69 Å². The predicted octanol–water partition coefficient (Wildman–Crippen LogP) is 2.85. The lowest BCUT2D eigenvalue weighted by Gasteiger charge is -2.45. The molecule has 0 radical (unpaired) electrons. The molecule has 19 heavy (non-hydrogen) atoms. The number of likely N-dealkylation sites (tertiary alicyclic amines) is 1. The highest BCUT2D eigenvalue weighted by atomic mass is 16.6. The molecule has 2 atom stereocenters. The third-order valence-electron chi connectivity index (χ3n) is 3.33. The summed E-state index contributed by atoms with van der Waals surface area (Å²) in [5, 5.41) is 0. The zero-order chi connectivity index (χ0) is 14.0. The molecule has 0 spiro atoms. The van der Waals surface area contributed by atoms with Gasteiger partial charge < -0.3 is 4.74 Å². The summed E-state index contributed by atoms with van der Waals surface area (Å²) in [6.45, 7) is 9.62. The molecule has 0 unspecified atom stereocenters. The summed E-state index contributed by atoms with van der Waals surface area (Å²) >= 11 is 0. The summed E-state index contributed by atoms with van der Waals surface area (Å²) in [5.41, 5.74) is 0.827. The Morgan fingerprint density at radius 3 is 2.47 bits per heavy atom. The van der Waals surface area contributed by atoms with Crippen molar-refractivity contribution in [2.24, 2.45) is 5.92 Å². The maximum absolute atomic E-state index is 12.2. The van der Waals surface area contributed by atoms with Crippen LogP contribution in [-0.4, -0.2) is 29.1 Å². The molecule has 0 N–H and O–H groups in total. The fraction of sp³-hybridized carbons (Fsp3) is 0.562. The van der Waals surface area contributed by atoms with Gasteiger partial charge in [0.1, 0.15) is 11.6 Å². The van der Waals surface area contributed by atoms with E-state index in [1.807, 2.05) is 39.0 Å². The number of carbonyl (C=O) groups excluding carboxylic acids is 1. The molecule has 1 aliphatic rings. The van der Waals surface area contributed by atoms with E-state index in [2.05, 4.69) is 24.0 Å². The quantitative estimate of drug-likeness (QED) is 0.784. The van der Waals surface area contributed by atoms with Gasteiger partial charge in [-0.25, -0.2) is 0 Å². The molecule has 3 heteroatoms. The van der Waals surface area contributed by atoms with Crippen LogP contribution in [0.5, 0.6) is 0 Å². The van der Waals surface area contributed by atoms with Crippen molar-refractivity contribution in [1.29, 1.82) is 0 Å². The molecule has 3 nitrogen and oxygen atoms in total. The van der Waals surface area contributed by atoms with Gasteiger partial charge in [0.05, 0.1) is 0 Å². The minimum absolute atomic E-state index is 0.0952. The van der Waals surface area contributed by atoms with Gasteiger partial charge in [-0.2, -0.15) is 0 Å². The van der Waals surface area contributed by atoms with Crippen LogP contribution in [0, 0.1) is 5.92 Å². The Kier molecular flexibility index (Phi) is 3.95. The summed E-state index contributed by atoms with van der Waals surface area (Å²) in [6.07, 6.45) is 0. The number of carbonyl (C=O) groups is 1. The first-order chi connectivity index (χ1) is 8.87. The summed E-state index contributed by atoms with van der Waals surface area (Å²) < 4.78 is 5.50. The van der Waals surface area contributed by atoms with Crippen LogP contribution in [0.2, 0.25) is 0 Å². The molecule has 0 bridgehead atoms. The van der Waals surface area contributed by atoms with Crippen molar-refractivity contribution in [3.8, 4) is 0 Å². The standard InChI is InChI=1S/C16H23NO2/c1-12-10-17(11-13-8-6-5-7-9-13)14(12)15(18)19-16(2,3)4/h5-9,12,14H,10-11H2,1-4H3/t12-,14+/m0/s1. The molecule has 1 fully saturated rings. The summed E-state index contributed by atoms with van der Waals surface area (Å²) in [5.74, 6) is 0.278. The highest BCUT2D eigenvalue weighted by Gasteiger charge is 2.43. The SMILES string of the molecule is C[C@H]1CN(Cc2ccccc2)[C@H]1C(=O)OC(C)(C)C. The molecule has 1 aliphatic heterocycles. The van der Waals surface area contributed by atoms with Crippen molar-refractivity contribution in [2.75, 3.05) is 6.54 Å².